The van der Waals surface area contributed by atoms with Crippen LogP contribution in [0.3, 0.4) is 0 Å². The van der Waals surface area contributed by atoms with E-state index in [9.17, 15) is 14.9 Å². The number of amides is 1. The van der Waals surface area contributed by atoms with Crippen LogP contribution in [0.25, 0.3) is 5.65 Å². The monoisotopic (exact) mass is 352 g/mol. The molecule has 0 aliphatic heterocycles. The molecule has 2 heterocycles. The highest BCUT2D eigenvalue weighted by Gasteiger charge is 2.25. The first kappa shape index (κ1) is 16.0. The van der Waals surface area contributed by atoms with Gasteiger partial charge in [0.1, 0.15) is 5.69 Å². The van der Waals surface area contributed by atoms with Gasteiger partial charge in [-0.3, -0.25) is 14.9 Å². The number of carbonyl (C=O) groups is 1. The van der Waals surface area contributed by atoms with E-state index in [0.717, 1.165) is 18.5 Å². The fourth-order valence-corrected chi connectivity index (χ4v) is 2.68. The second kappa shape index (κ2) is 6.43. The highest BCUT2D eigenvalue weighted by molar-refractivity contribution is 5.96. The summed E-state index contributed by atoms with van der Waals surface area (Å²) >= 11 is 0. The summed E-state index contributed by atoms with van der Waals surface area (Å²) in [5, 5.41) is 21.5. The smallest absolute Gasteiger partial charge is 0.293 e. The first-order valence-corrected chi connectivity index (χ1v) is 8.22. The molecule has 3 aromatic rings. The number of nitro benzene ring substituents is 1. The number of anilines is 1. The average Bonchev–Trinajstić information content (AvgIpc) is 3.31. The van der Waals surface area contributed by atoms with Gasteiger partial charge in [0.25, 0.3) is 11.6 Å². The molecule has 9 nitrogen and oxygen atoms in total. The molecule has 0 unspecified atom stereocenters. The van der Waals surface area contributed by atoms with Crippen molar-refractivity contribution in [1.29, 1.82) is 0 Å². The van der Waals surface area contributed by atoms with E-state index in [0.29, 0.717) is 17.9 Å². The first-order chi connectivity index (χ1) is 12.6. The number of hydrogen-bond acceptors (Lipinski definition) is 6. The molecule has 0 radical (unpaired) electrons. The van der Waals surface area contributed by atoms with E-state index >= 15 is 0 Å². The van der Waals surface area contributed by atoms with E-state index in [2.05, 4.69) is 20.7 Å². The van der Waals surface area contributed by atoms with Gasteiger partial charge < -0.3 is 10.6 Å². The van der Waals surface area contributed by atoms with Crippen LogP contribution >= 0.6 is 0 Å². The molecule has 4 rings (SSSR count). The number of nitrogens with zero attached hydrogens (tertiary/aromatic N) is 4. The third-order valence-electron chi connectivity index (χ3n) is 4.20. The first-order valence-electron chi connectivity index (χ1n) is 8.22. The van der Waals surface area contributed by atoms with Crippen molar-refractivity contribution in [3.8, 4) is 0 Å². The predicted octanol–water partition coefficient (Wildman–Crippen LogP) is 2.14. The summed E-state index contributed by atoms with van der Waals surface area (Å²) in [7, 11) is 0. The lowest BCUT2D eigenvalue weighted by Gasteiger charge is -2.10. The molecule has 1 aliphatic rings. The third-order valence-corrected chi connectivity index (χ3v) is 4.20. The van der Waals surface area contributed by atoms with Crippen molar-refractivity contribution in [3.05, 3.63) is 64.1 Å². The second-order valence-electron chi connectivity index (χ2n) is 6.13. The predicted molar refractivity (Wildman–Crippen MR) is 93.9 cm³/mol. The molecule has 0 spiro atoms. The van der Waals surface area contributed by atoms with Gasteiger partial charge in [0.05, 0.1) is 23.4 Å². The van der Waals surface area contributed by atoms with Crippen molar-refractivity contribution in [3.63, 3.8) is 0 Å². The number of benzene rings is 1. The number of aromatic nitrogens is 3. The topological polar surface area (TPSA) is 114 Å². The lowest BCUT2D eigenvalue weighted by Crippen LogP contribution is -2.25. The van der Waals surface area contributed by atoms with Gasteiger partial charge in [0.15, 0.2) is 5.65 Å². The van der Waals surface area contributed by atoms with Crippen LogP contribution in [0.4, 0.5) is 11.4 Å². The maximum atomic E-state index is 12.1. The van der Waals surface area contributed by atoms with Crippen molar-refractivity contribution in [2.75, 3.05) is 5.32 Å². The molecule has 1 aromatic carbocycles. The van der Waals surface area contributed by atoms with Gasteiger partial charge in [0, 0.05) is 29.9 Å². The van der Waals surface area contributed by atoms with Gasteiger partial charge in [-0.15, -0.1) is 0 Å². The highest BCUT2D eigenvalue weighted by atomic mass is 16.6. The van der Waals surface area contributed by atoms with E-state index in [1.807, 2.05) is 0 Å². The number of rotatable bonds is 6. The minimum absolute atomic E-state index is 0.140. The van der Waals surface area contributed by atoms with Crippen LogP contribution in [0.5, 0.6) is 0 Å². The Hall–Kier alpha value is -3.49. The van der Waals surface area contributed by atoms with Crippen molar-refractivity contribution < 1.29 is 9.72 Å². The van der Waals surface area contributed by atoms with Gasteiger partial charge in [-0.1, -0.05) is 0 Å². The van der Waals surface area contributed by atoms with Crippen molar-refractivity contribution in [2.24, 2.45) is 0 Å². The minimum atomic E-state index is -0.494. The summed E-state index contributed by atoms with van der Waals surface area (Å²) < 4.78 is 1.66. The Balaban J connectivity index is 1.56. The molecule has 2 aromatic heterocycles. The largest absolute Gasteiger partial charge is 0.374 e. The summed E-state index contributed by atoms with van der Waals surface area (Å²) in [5.41, 5.74) is 2.00. The Kier molecular flexibility index (Phi) is 3.96. The summed E-state index contributed by atoms with van der Waals surface area (Å²) in [6.07, 6.45) is 5.22. The van der Waals surface area contributed by atoms with E-state index < -0.39 is 4.92 Å². The Bertz CT molecular complexity index is 995. The molecule has 1 amide bonds. The summed E-state index contributed by atoms with van der Waals surface area (Å²) in [4.78, 5) is 27.2. The van der Waals surface area contributed by atoms with Crippen molar-refractivity contribution >= 4 is 22.9 Å². The summed E-state index contributed by atoms with van der Waals surface area (Å²) in [6, 6.07) is 8.21. The van der Waals surface area contributed by atoms with Crippen LogP contribution in [0.2, 0.25) is 0 Å². The molecule has 0 bridgehead atoms. The Morgan fingerprint density at radius 2 is 2.12 bits per heavy atom. The second-order valence-corrected chi connectivity index (χ2v) is 6.13. The number of hydrogen-bond donors (Lipinski definition) is 2. The standard InChI is InChI=1S/C17H16N6O3/c24-17(21-12-2-3-12)11-1-4-14(15(9-11)23(25)26)19-10-13-5-7-18-16-6-8-20-22(13)16/h1,4-9,12,19H,2-3,10H2,(H,21,24). The van der Waals surface area contributed by atoms with Crippen molar-refractivity contribution in [1.82, 2.24) is 19.9 Å². The molecule has 0 atom stereocenters. The maximum absolute atomic E-state index is 12.1. The quantitative estimate of drug-likeness (QED) is 0.519. The lowest BCUT2D eigenvalue weighted by molar-refractivity contribution is -0.384. The molecule has 1 aliphatic carbocycles. The number of nitro groups is 1. The molecular weight excluding hydrogens is 336 g/mol. The molecule has 2 N–H and O–H groups in total. The molecule has 0 saturated heterocycles. The van der Waals surface area contributed by atoms with E-state index in [-0.39, 0.29) is 23.2 Å². The van der Waals surface area contributed by atoms with Gasteiger partial charge in [0.2, 0.25) is 0 Å². The SMILES string of the molecule is O=C(NC1CC1)c1ccc(NCc2ccnc3ccnn23)c([N+](=O)[O-])c1. The van der Waals surface area contributed by atoms with Gasteiger partial charge in [-0.2, -0.15) is 5.10 Å². The Morgan fingerprint density at radius 1 is 1.27 bits per heavy atom. The molecule has 9 heteroatoms. The fourth-order valence-electron chi connectivity index (χ4n) is 2.68. The van der Waals surface area contributed by atoms with Crippen molar-refractivity contribution in [2.45, 2.75) is 25.4 Å². The zero-order chi connectivity index (χ0) is 18.1. The van der Waals surface area contributed by atoms with Gasteiger partial charge >= 0.3 is 0 Å². The third kappa shape index (κ3) is 3.18. The Morgan fingerprint density at radius 3 is 2.88 bits per heavy atom. The zero-order valence-corrected chi connectivity index (χ0v) is 13.8. The van der Waals surface area contributed by atoms with E-state index in [4.69, 9.17) is 0 Å². The van der Waals surface area contributed by atoms with E-state index in [1.165, 1.54) is 6.07 Å². The normalized spacial score (nSPS) is 13.5. The maximum Gasteiger partial charge on any atom is 0.293 e. The summed E-state index contributed by atoms with van der Waals surface area (Å²) in [6.45, 7) is 0.329. The van der Waals surface area contributed by atoms with Crippen LogP contribution in [-0.4, -0.2) is 31.5 Å². The van der Waals surface area contributed by atoms with Crippen LogP contribution in [0, 0.1) is 10.1 Å². The average molecular weight is 352 g/mol. The highest BCUT2D eigenvalue weighted by Crippen LogP contribution is 2.27. The Labute approximate surface area is 148 Å². The van der Waals surface area contributed by atoms with Crippen LogP contribution in [-0.2, 0) is 6.54 Å². The number of nitrogens with one attached hydrogen (secondary N) is 2. The molecule has 1 fully saturated rings. The number of fused-ring (bicyclic) bond motifs is 1. The lowest BCUT2D eigenvalue weighted by atomic mass is 10.1. The minimum Gasteiger partial charge on any atom is -0.374 e. The molecule has 132 valence electrons. The van der Waals surface area contributed by atoms with Crippen LogP contribution in [0.15, 0.2) is 42.7 Å². The van der Waals surface area contributed by atoms with Gasteiger partial charge in [-0.05, 0) is 31.0 Å². The summed E-state index contributed by atoms with van der Waals surface area (Å²) in [5.74, 6) is -0.283. The fraction of sp³-hybridized carbons (Fsp3) is 0.235. The molecule has 26 heavy (non-hydrogen) atoms. The van der Waals surface area contributed by atoms with Gasteiger partial charge in [-0.25, -0.2) is 9.50 Å². The molecule has 1 saturated carbocycles. The van der Waals surface area contributed by atoms with Crippen LogP contribution in [0.1, 0.15) is 28.9 Å². The zero-order valence-electron chi connectivity index (χ0n) is 13.8. The number of carbonyl (C=O) groups excluding carboxylic acids is 1. The van der Waals surface area contributed by atoms with E-state index in [1.54, 1.807) is 41.2 Å². The van der Waals surface area contributed by atoms with Crippen LogP contribution < -0.4 is 10.6 Å². The molecular formula is C17H16N6O3.